The van der Waals surface area contributed by atoms with Crippen LogP contribution in [0.2, 0.25) is 0 Å². The predicted octanol–water partition coefficient (Wildman–Crippen LogP) is 2.91. The summed E-state index contributed by atoms with van der Waals surface area (Å²) in [6.07, 6.45) is 1.62. The van der Waals surface area contributed by atoms with E-state index in [4.69, 9.17) is 4.74 Å². The van der Waals surface area contributed by atoms with Crippen molar-refractivity contribution < 1.29 is 13.9 Å². The highest BCUT2D eigenvalue weighted by Gasteiger charge is 2.27. The average molecular weight is 436 g/mol. The first-order valence-corrected chi connectivity index (χ1v) is 10.6. The highest BCUT2D eigenvalue weighted by molar-refractivity contribution is 5.79. The molecule has 0 spiro atoms. The molecule has 166 valence electrons. The monoisotopic (exact) mass is 436 g/mol. The molecule has 8 heteroatoms. The number of carbonyl (C=O) groups excluding carboxylic acids is 1. The van der Waals surface area contributed by atoms with Gasteiger partial charge < -0.3 is 15.0 Å². The van der Waals surface area contributed by atoms with Crippen LogP contribution in [-0.4, -0.2) is 35.9 Å². The molecule has 1 aliphatic heterocycles. The van der Waals surface area contributed by atoms with Crippen molar-refractivity contribution >= 4 is 11.7 Å². The van der Waals surface area contributed by atoms with E-state index in [1.165, 1.54) is 35.0 Å². The Morgan fingerprint density at radius 3 is 2.72 bits per heavy atom. The van der Waals surface area contributed by atoms with Crippen molar-refractivity contribution in [3.8, 4) is 11.4 Å². The topological polar surface area (TPSA) is 76.5 Å². The van der Waals surface area contributed by atoms with Gasteiger partial charge >= 0.3 is 0 Å². The zero-order valence-electron chi connectivity index (χ0n) is 17.8. The fourth-order valence-corrected chi connectivity index (χ4v) is 3.91. The Bertz CT molecular complexity index is 1150. The molecule has 1 saturated heterocycles. The number of para-hydroxylation sites is 1. The third-order valence-corrected chi connectivity index (χ3v) is 5.62. The van der Waals surface area contributed by atoms with Gasteiger partial charge in [0.2, 0.25) is 5.91 Å². The zero-order valence-corrected chi connectivity index (χ0v) is 17.8. The van der Waals surface area contributed by atoms with Crippen molar-refractivity contribution in [1.29, 1.82) is 0 Å². The van der Waals surface area contributed by atoms with Crippen LogP contribution in [0.1, 0.15) is 18.4 Å². The molecule has 32 heavy (non-hydrogen) atoms. The number of aromatic nitrogens is 2. The van der Waals surface area contributed by atoms with Crippen LogP contribution >= 0.6 is 0 Å². The Morgan fingerprint density at radius 2 is 1.94 bits per heavy atom. The van der Waals surface area contributed by atoms with Crippen LogP contribution in [0.3, 0.4) is 0 Å². The second kappa shape index (κ2) is 9.64. The van der Waals surface area contributed by atoms with Gasteiger partial charge in [0.25, 0.3) is 5.56 Å². The zero-order chi connectivity index (χ0) is 22.5. The maximum Gasteiger partial charge on any atom is 0.271 e. The molecule has 2 heterocycles. The Hall–Kier alpha value is -3.68. The van der Waals surface area contributed by atoms with Gasteiger partial charge in [0.1, 0.15) is 17.4 Å². The first kappa shape index (κ1) is 21.5. The van der Waals surface area contributed by atoms with E-state index in [2.05, 4.69) is 10.4 Å². The van der Waals surface area contributed by atoms with Crippen molar-refractivity contribution in [2.24, 2.45) is 5.92 Å². The van der Waals surface area contributed by atoms with Crippen molar-refractivity contribution in [1.82, 2.24) is 15.1 Å². The Kier molecular flexibility index (Phi) is 6.49. The van der Waals surface area contributed by atoms with Crippen LogP contribution in [0, 0.1) is 11.7 Å². The third kappa shape index (κ3) is 4.80. The number of piperidine rings is 1. The Morgan fingerprint density at radius 1 is 1.16 bits per heavy atom. The van der Waals surface area contributed by atoms with Crippen molar-refractivity contribution in [2.45, 2.75) is 19.4 Å². The van der Waals surface area contributed by atoms with Gasteiger partial charge in [-0.15, -0.1) is 5.10 Å². The van der Waals surface area contributed by atoms with E-state index in [9.17, 15) is 14.0 Å². The summed E-state index contributed by atoms with van der Waals surface area (Å²) in [5.41, 5.74) is 1.11. The number of benzene rings is 2. The average Bonchev–Trinajstić information content (AvgIpc) is 2.83. The minimum atomic E-state index is -0.379. The van der Waals surface area contributed by atoms with E-state index in [1.54, 1.807) is 13.2 Å². The Balaban J connectivity index is 1.45. The third-order valence-electron chi connectivity index (χ3n) is 5.62. The SMILES string of the molecule is COc1ccccc1CNC(=O)[C@@H]1CCCN(c2ccc(=O)n(-c3ccc(F)cc3)n2)C1. The summed E-state index contributed by atoms with van der Waals surface area (Å²) in [6, 6.07) is 16.3. The quantitative estimate of drug-likeness (QED) is 0.643. The molecule has 0 saturated carbocycles. The van der Waals surface area contributed by atoms with E-state index in [-0.39, 0.29) is 23.2 Å². The van der Waals surface area contributed by atoms with Crippen LogP contribution in [-0.2, 0) is 11.3 Å². The number of halogens is 1. The normalized spacial score (nSPS) is 15.9. The van der Waals surface area contributed by atoms with Crippen LogP contribution in [0.5, 0.6) is 5.75 Å². The molecular formula is C24H25FN4O3. The molecular weight excluding hydrogens is 411 g/mol. The highest BCUT2D eigenvalue weighted by atomic mass is 19.1. The first-order valence-electron chi connectivity index (χ1n) is 10.6. The molecule has 1 aromatic heterocycles. The predicted molar refractivity (Wildman–Crippen MR) is 120 cm³/mol. The van der Waals surface area contributed by atoms with Crippen LogP contribution in [0.4, 0.5) is 10.2 Å². The van der Waals surface area contributed by atoms with Gasteiger partial charge in [0.05, 0.1) is 18.7 Å². The summed E-state index contributed by atoms with van der Waals surface area (Å²) in [7, 11) is 1.61. The molecule has 0 unspecified atom stereocenters. The van der Waals surface area contributed by atoms with Gasteiger partial charge in [-0.2, -0.15) is 4.68 Å². The molecule has 0 bridgehead atoms. The molecule has 1 aliphatic rings. The first-order chi connectivity index (χ1) is 15.5. The molecule has 4 rings (SSSR count). The number of ether oxygens (including phenoxy) is 1. The maximum absolute atomic E-state index is 13.2. The maximum atomic E-state index is 13.2. The van der Waals surface area contributed by atoms with E-state index in [0.717, 1.165) is 30.7 Å². The molecule has 0 radical (unpaired) electrons. The lowest BCUT2D eigenvalue weighted by Gasteiger charge is -2.33. The number of anilines is 1. The summed E-state index contributed by atoms with van der Waals surface area (Å²) in [5, 5.41) is 7.48. The smallest absolute Gasteiger partial charge is 0.271 e. The summed E-state index contributed by atoms with van der Waals surface area (Å²) in [4.78, 5) is 27.1. The van der Waals surface area contributed by atoms with Gasteiger partial charge in [-0.25, -0.2) is 4.39 Å². The molecule has 1 N–H and O–H groups in total. The summed E-state index contributed by atoms with van der Waals surface area (Å²) in [5.74, 6) is 0.761. The highest BCUT2D eigenvalue weighted by Crippen LogP contribution is 2.22. The number of nitrogens with zero attached hydrogens (tertiary/aromatic N) is 3. The minimum absolute atomic E-state index is 0.0209. The van der Waals surface area contributed by atoms with E-state index < -0.39 is 0 Å². The van der Waals surface area contributed by atoms with Crippen LogP contribution < -0.4 is 20.5 Å². The van der Waals surface area contributed by atoms with E-state index in [0.29, 0.717) is 24.6 Å². The van der Waals surface area contributed by atoms with Gasteiger partial charge in [-0.05, 0) is 49.2 Å². The summed E-state index contributed by atoms with van der Waals surface area (Å²) < 4.78 is 19.8. The number of amides is 1. The van der Waals surface area contributed by atoms with Crippen molar-refractivity contribution in [3.05, 3.63) is 82.4 Å². The van der Waals surface area contributed by atoms with E-state index >= 15 is 0 Å². The molecule has 3 aromatic rings. The number of nitrogens with one attached hydrogen (secondary N) is 1. The molecule has 1 fully saturated rings. The van der Waals surface area contributed by atoms with Crippen molar-refractivity contribution in [2.75, 3.05) is 25.1 Å². The second-order valence-electron chi connectivity index (χ2n) is 7.73. The molecule has 2 aromatic carbocycles. The Labute approximate surface area is 185 Å². The van der Waals surface area contributed by atoms with Gasteiger partial charge in [0, 0.05) is 31.3 Å². The largest absolute Gasteiger partial charge is 0.496 e. The lowest BCUT2D eigenvalue weighted by atomic mass is 9.97. The number of methoxy groups -OCH3 is 1. The fourth-order valence-electron chi connectivity index (χ4n) is 3.91. The molecule has 7 nitrogen and oxygen atoms in total. The molecule has 1 atom stereocenters. The molecule has 1 amide bonds. The van der Waals surface area contributed by atoms with E-state index in [1.807, 2.05) is 29.2 Å². The summed E-state index contributed by atoms with van der Waals surface area (Å²) in [6.45, 7) is 1.64. The number of carbonyl (C=O) groups is 1. The van der Waals surface area contributed by atoms with Gasteiger partial charge in [-0.3, -0.25) is 9.59 Å². The fraction of sp³-hybridized carbons (Fsp3) is 0.292. The lowest BCUT2D eigenvalue weighted by molar-refractivity contribution is -0.125. The number of hydrogen-bond donors (Lipinski definition) is 1. The molecule has 0 aliphatic carbocycles. The minimum Gasteiger partial charge on any atom is -0.496 e. The van der Waals surface area contributed by atoms with Gasteiger partial charge in [-0.1, -0.05) is 18.2 Å². The number of rotatable bonds is 6. The summed E-state index contributed by atoms with van der Waals surface area (Å²) >= 11 is 0. The lowest BCUT2D eigenvalue weighted by Crippen LogP contribution is -2.43. The van der Waals surface area contributed by atoms with Gasteiger partial charge in [0.15, 0.2) is 0 Å². The van der Waals surface area contributed by atoms with Crippen LogP contribution in [0.25, 0.3) is 5.69 Å². The second-order valence-corrected chi connectivity index (χ2v) is 7.73. The number of hydrogen-bond acceptors (Lipinski definition) is 5. The standard InChI is InChI=1S/C24H25FN4O3/c1-32-21-7-3-2-5-17(21)15-26-24(31)18-6-4-14-28(16-18)22-12-13-23(30)29(27-22)20-10-8-19(25)9-11-20/h2-3,5,7-13,18H,4,6,14-16H2,1H3,(H,26,31)/t18-/m1/s1. The van der Waals surface area contributed by atoms with Crippen LogP contribution in [0.15, 0.2) is 65.5 Å². The van der Waals surface area contributed by atoms with Crippen molar-refractivity contribution in [3.63, 3.8) is 0 Å².